The first-order valence-electron chi connectivity index (χ1n) is 10.3. The average molecular weight is 505 g/mol. The molecule has 0 saturated carbocycles. The van der Waals surface area contributed by atoms with Crippen molar-refractivity contribution in [3.63, 3.8) is 0 Å². The van der Waals surface area contributed by atoms with Crippen LogP contribution >= 0.6 is 15.9 Å². The van der Waals surface area contributed by atoms with Gasteiger partial charge in [-0.05, 0) is 76.8 Å². The highest BCUT2D eigenvalue weighted by Crippen LogP contribution is 2.29. The van der Waals surface area contributed by atoms with E-state index in [4.69, 9.17) is 4.74 Å². The largest absolute Gasteiger partial charge is 0.488 e. The summed E-state index contributed by atoms with van der Waals surface area (Å²) in [6, 6.07) is 19.5. The number of nitrogens with zero attached hydrogens (tertiary/aromatic N) is 1. The molecule has 0 atom stereocenters. The smallest absolute Gasteiger partial charge is 0.335 e. The van der Waals surface area contributed by atoms with Gasteiger partial charge in [0.05, 0.1) is 10.2 Å². The van der Waals surface area contributed by atoms with E-state index < -0.39 is 17.8 Å². The van der Waals surface area contributed by atoms with Crippen LogP contribution in [0.2, 0.25) is 0 Å². The third-order valence-corrected chi connectivity index (χ3v) is 5.76. The first-order chi connectivity index (χ1) is 15.8. The van der Waals surface area contributed by atoms with Gasteiger partial charge in [0.2, 0.25) is 0 Å². The first-order valence-corrected chi connectivity index (χ1v) is 11.1. The zero-order chi connectivity index (χ0) is 23.5. The van der Waals surface area contributed by atoms with Crippen molar-refractivity contribution in [2.75, 3.05) is 4.90 Å². The third-order valence-electron chi connectivity index (χ3n) is 5.14. The Morgan fingerprint density at radius 3 is 2.39 bits per heavy atom. The predicted octanol–water partition coefficient (Wildman–Crippen LogP) is 5.31. The molecule has 166 valence electrons. The number of ether oxygens (including phenoxy) is 1. The van der Waals surface area contributed by atoms with Gasteiger partial charge in [0, 0.05) is 0 Å². The van der Waals surface area contributed by atoms with Crippen molar-refractivity contribution in [2.45, 2.75) is 20.5 Å². The van der Waals surface area contributed by atoms with E-state index in [2.05, 4.69) is 21.2 Å². The van der Waals surface area contributed by atoms with Crippen molar-refractivity contribution >= 4 is 45.5 Å². The number of benzene rings is 3. The van der Waals surface area contributed by atoms with Gasteiger partial charge in [-0.1, -0.05) is 48.0 Å². The van der Waals surface area contributed by atoms with Crippen molar-refractivity contribution in [1.82, 2.24) is 5.32 Å². The molecule has 1 heterocycles. The van der Waals surface area contributed by atoms with Gasteiger partial charge in [-0.15, -0.1) is 0 Å². The summed E-state index contributed by atoms with van der Waals surface area (Å²) in [4.78, 5) is 38.8. The lowest BCUT2D eigenvalue weighted by Gasteiger charge is -2.26. The Labute approximate surface area is 200 Å². The number of urea groups is 1. The minimum absolute atomic E-state index is 0.128. The number of imide groups is 2. The molecule has 0 unspecified atom stereocenters. The molecule has 0 aromatic heterocycles. The molecule has 0 spiro atoms. The summed E-state index contributed by atoms with van der Waals surface area (Å²) in [7, 11) is 0. The van der Waals surface area contributed by atoms with Gasteiger partial charge in [0.1, 0.15) is 17.9 Å². The lowest BCUT2D eigenvalue weighted by molar-refractivity contribution is -0.122. The van der Waals surface area contributed by atoms with E-state index in [0.29, 0.717) is 28.1 Å². The molecule has 3 aromatic rings. The minimum atomic E-state index is -0.770. The molecule has 1 aliphatic rings. The Morgan fingerprint density at radius 2 is 1.70 bits per heavy atom. The lowest BCUT2D eigenvalue weighted by Crippen LogP contribution is -2.54. The number of carbonyl (C=O) groups excluding carboxylic acids is 3. The van der Waals surface area contributed by atoms with Crippen LogP contribution in [0.25, 0.3) is 6.08 Å². The molecule has 0 aliphatic carbocycles. The van der Waals surface area contributed by atoms with Crippen LogP contribution in [0.3, 0.4) is 0 Å². The van der Waals surface area contributed by atoms with Crippen LogP contribution in [0, 0.1) is 13.8 Å². The number of amides is 4. The van der Waals surface area contributed by atoms with Crippen LogP contribution in [-0.4, -0.2) is 17.8 Å². The number of anilines is 1. The SMILES string of the molecule is Cc1ccc(COc2ccc(/C=C3\C(=O)NC(=O)N(c4cccc(C)c4)C3=O)cc2Br)cc1. The van der Waals surface area contributed by atoms with Gasteiger partial charge in [-0.25, -0.2) is 9.69 Å². The van der Waals surface area contributed by atoms with Crippen molar-refractivity contribution in [3.8, 4) is 5.75 Å². The molecule has 33 heavy (non-hydrogen) atoms. The highest BCUT2D eigenvalue weighted by Gasteiger charge is 2.36. The second-order valence-electron chi connectivity index (χ2n) is 7.76. The van der Waals surface area contributed by atoms with Gasteiger partial charge in [0.25, 0.3) is 11.8 Å². The Hall–Kier alpha value is -3.71. The molecule has 4 amide bonds. The molecule has 6 nitrogen and oxygen atoms in total. The summed E-state index contributed by atoms with van der Waals surface area (Å²) < 4.78 is 6.56. The normalized spacial score (nSPS) is 15.1. The number of hydrogen-bond acceptors (Lipinski definition) is 4. The van der Waals surface area contributed by atoms with Gasteiger partial charge >= 0.3 is 6.03 Å². The van der Waals surface area contributed by atoms with Gasteiger partial charge < -0.3 is 4.74 Å². The van der Waals surface area contributed by atoms with Crippen LogP contribution in [0.1, 0.15) is 22.3 Å². The summed E-state index contributed by atoms with van der Waals surface area (Å²) in [6.07, 6.45) is 1.46. The standard InChI is InChI=1S/C26H21BrN2O4/c1-16-6-8-18(9-7-16)15-33-23-11-10-19(14-22(23)27)13-21-24(30)28-26(32)29(25(21)31)20-5-3-4-17(2)12-20/h3-14H,15H2,1-2H3,(H,28,30,32)/b21-13+. The highest BCUT2D eigenvalue weighted by molar-refractivity contribution is 9.10. The second-order valence-corrected chi connectivity index (χ2v) is 8.62. The molecule has 4 rings (SSSR count). The summed E-state index contributed by atoms with van der Waals surface area (Å²) in [5.41, 5.74) is 4.00. The second kappa shape index (κ2) is 9.42. The fourth-order valence-electron chi connectivity index (χ4n) is 3.39. The number of carbonyl (C=O) groups is 3. The van der Waals surface area contributed by atoms with Crippen LogP contribution < -0.4 is 15.0 Å². The van der Waals surface area contributed by atoms with E-state index >= 15 is 0 Å². The average Bonchev–Trinajstić information content (AvgIpc) is 2.77. The molecular weight excluding hydrogens is 484 g/mol. The predicted molar refractivity (Wildman–Crippen MR) is 130 cm³/mol. The Bertz CT molecular complexity index is 1280. The van der Waals surface area contributed by atoms with Crippen molar-refractivity contribution in [1.29, 1.82) is 0 Å². The number of barbiturate groups is 1. The number of rotatable bonds is 5. The van der Waals surface area contributed by atoms with Crippen LogP contribution in [-0.2, 0) is 16.2 Å². The number of nitrogens with one attached hydrogen (secondary N) is 1. The van der Waals surface area contributed by atoms with E-state index in [-0.39, 0.29) is 5.57 Å². The maximum Gasteiger partial charge on any atom is 0.335 e. The first kappa shape index (κ1) is 22.5. The maximum atomic E-state index is 13.0. The number of hydrogen-bond donors (Lipinski definition) is 1. The van der Waals surface area contributed by atoms with E-state index in [1.54, 1.807) is 36.4 Å². The summed E-state index contributed by atoms with van der Waals surface area (Å²) in [5, 5.41) is 2.24. The monoisotopic (exact) mass is 504 g/mol. The molecule has 1 saturated heterocycles. The summed E-state index contributed by atoms with van der Waals surface area (Å²) >= 11 is 3.49. The van der Waals surface area contributed by atoms with E-state index in [1.165, 1.54) is 11.6 Å². The van der Waals surface area contributed by atoms with Crippen LogP contribution in [0.5, 0.6) is 5.75 Å². The van der Waals surface area contributed by atoms with Crippen LogP contribution in [0.15, 0.2) is 76.8 Å². The topological polar surface area (TPSA) is 75.7 Å². The van der Waals surface area contributed by atoms with Gasteiger partial charge in [0.15, 0.2) is 0 Å². The van der Waals surface area contributed by atoms with E-state index in [1.807, 2.05) is 44.2 Å². The number of halogens is 1. The zero-order valence-corrected chi connectivity index (χ0v) is 19.7. The Kier molecular flexibility index (Phi) is 6.42. The fourth-order valence-corrected chi connectivity index (χ4v) is 3.91. The fraction of sp³-hybridized carbons (Fsp3) is 0.115. The molecular formula is C26H21BrN2O4. The molecule has 3 aromatic carbocycles. The molecule has 7 heteroatoms. The quantitative estimate of drug-likeness (QED) is 0.377. The molecule has 1 aliphatic heterocycles. The summed E-state index contributed by atoms with van der Waals surface area (Å²) in [6.45, 7) is 4.30. The minimum Gasteiger partial charge on any atom is -0.488 e. The van der Waals surface area contributed by atoms with Crippen molar-refractivity contribution < 1.29 is 19.1 Å². The van der Waals surface area contributed by atoms with Gasteiger partial charge in [-0.3, -0.25) is 14.9 Å². The van der Waals surface area contributed by atoms with Crippen molar-refractivity contribution in [2.24, 2.45) is 0 Å². The molecule has 1 fully saturated rings. The lowest BCUT2D eigenvalue weighted by atomic mass is 10.1. The molecule has 1 N–H and O–H groups in total. The maximum absolute atomic E-state index is 13.0. The summed E-state index contributed by atoms with van der Waals surface area (Å²) in [5.74, 6) is -0.774. The highest BCUT2D eigenvalue weighted by atomic mass is 79.9. The van der Waals surface area contributed by atoms with E-state index in [9.17, 15) is 14.4 Å². The van der Waals surface area contributed by atoms with Crippen LogP contribution in [0.4, 0.5) is 10.5 Å². The molecule has 0 bridgehead atoms. The van der Waals surface area contributed by atoms with Gasteiger partial charge in [-0.2, -0.15) is 0 Å². The zero-order valence-electron chi connectivity index (χ0n) is 18.1. The Balaban J connectivity index is 1.56. The van der Waals surface area contributed by atoms with Crippen molar-refractivity contribution in [3.05, 3.63) is 99.0 Å². The Morgan fingerprint density at radius 1 is 0.939 bits per heavy atom. The molecule has 0 radical (unpaired) electrons. The number of aryl methyl sites for hydroxylation is 2. The third kappa shape index (κ3) is 5.04. The van der Waals surface area contributed by atoms with E-state index in [0.717, 1.165) is 16.0 Å².